The quantitative estimate of drug-likeness (QED) is 0.845. The van der Waals surface area contributed by atoms with E-state index in [2.05, 4.69) is 24.1 Å². The number of hydrogen-bond acceptors (Lipinski definition) is 3. The Hall–Kier alpha value is -1.39. The van der Waals surface area contributed by atoms with Gasteiger partial charge in [0.15, 0.2) is 0 Å². The Kier molecular flexibility index (Phi) is 5.09. The molecule has 1 unspecified atom stereocenters. The Morgan fingerprint density at radius 2 is 1.84 bits per heavy atom. The number of nitrogens with two attached hydrogens (primary N) is 1. The van der Waals surface area contributed by atoms with Crippen LogP contribution in [0.4, 0.5) is 0 Å². The summed E-state index contributed by atoms with van der Waals surface area (Å²) in [5.41, 5.74) is 7.87. The van der Waals surface area contributed by atoms with Crippen molar-refractivity contribution in [3.8, 4) is 0 Å². The maximum absolute atomic E-state index is 12.0. The molecular formula is C15H25N3O. The number of nitrogens with zero attached hydrogens (tertiary/aromatic N) is 1. The fraction of sp³-hybridized carbons (Fsp3) is 0.533. The molecule has 4 heteroatoms. The topological polar surface area (TPSA) is 58.4 Å². The first-order valence-corrected chi connectivity index (χ1v) is 6.51. The molecule has 0 saturated heterocycles. The summed E-state index contributed by atoms with van der Waals surface area (Å²) in [6.45, 7) is 6.72. The fourth-order valence-corrected chi connectivity index (χ4v) is 1.50. The lowest BCUT2D eigenvalue weighted by atomic mass is 10.0. The first-order valence-electron chi connectivity index (χ1n) is 6.51. The van der Waals surface area contributed by atoms with Gasteiger partial charge in [0, 0.05) is 12.1 Å². The summed E-state index contributed by atoms with van der Waals surface area (Å²) in [6.07, 6.45) is 0. The molecule has 0 aromatic heterocycles. The first-order chi connectivity index (χ1) is 8.74. The van der Waals surface area contributed by atoms with Crippen LogP contribution >= 0.6 is 0 Å². The van der Waals surface area contributed by atoms with E-state index in [9.17, 15) is 4.79 Å². The highest BCUT2D eigenvalue weighted by Gasteiger charge is 2.23. The second-order valence-corrected chi connectivity index (χ2v) is 5.81. The van der Waals surface area contributed by atoms with Crippen molar-refractivity contribution in [1.29, 1.82) is 0 Å². The standard InChI is InChI=1S/C15H25N3O/c1-11-6-8-12(9-7-11)13(16)14(19)17-10-15(2,3)18(4)5/h6-9,13H,10,16H2,1-5H3,(H,17,19). The van der Waals surface area contributed by atoms with E-state index in [0.29, 0.717) is 6.54 Å². The Balaban J connectivity index is 2.61. The minimum atomic E-state index is -0.612. The number of carbonyl (C=O) groups is 1. The van der Waals surface area contributed by atoms with Gasteiger partial charge in [0.1, 0.15) is 6.04 Å². The predicted octanol–water partition coefficient (Wildman–Crippen LogP) is 1.45. The maximum Gasteiger partial charge on any atom is 0.241 e. The van der Waals surface area contributed by atoms with E-state index in [-0.39, 0.29) is 11.4 Å². The SMILES string of the molecule is Cc1ccc(C(N)C(=O)NCC(C)(C)N(C)C)cc1. The normalized spacial score (nSPS) is 13.4. The molecule has 1 amide bonds. The third-order valence-corrected chi connectivity index (χ3v) is 3.62. The van der Waals surface area contributed by atoms with Crippen LogP contribution in [0.5, 0.6) is 0 Å². The highest BCUT2D eigenvalue weighted by molar-refractivity contribution is 5.83. The molecule has 0 fully saturated rings. The van der Waals surface area contributed by atoms with Crippen molar-refractivity contribution < 1.29 is 4.79 Å². The van der Waals surface area contributed by atoms with Gasteiger partial charge in [0.05, 0.1) is 0 Å². The first kappa shape index (κ1) is 15.7. The Morgan fingerprint density at radius 1 is 1.32 bits per heavy atom. The van der Waals surface area contributed by atoms with Gasteiger partial charge in [-0.15, -0.1) is 0 Å². The number of aryl methyl sites for hydroxylation is 1. The lowest BCUT2D eigenvalue weighted by Gasteiger charge is -2.33. The number of likely N-dealkylation sites (N-methyl/N-ethyl adjacent to an activating group) is 1. The van der Waals surface area contributed by atoms with E-state index in [1.807, 2.05) is 45.3 Å². The largest absolute Gasteiger partial charge is 0.353 e. The molecule has 0 aliphatic carbocycles. The van der Waals surface area contributed by atoms with E-state index >= 15 is 0 Å². The van der Waals surface area contributed by atoms with Gasteiger partial charge in [-0.05, 0) is 40.4 Å². The minimum Gasteiger partial charge on any atom is -0.353 e. The van der Waals surface area contributed by atoms with E-state index in [4.69, 9.17) is 5.73 Å². The van der Waals surface area contributed by atoms with E-state index in [0.717, 1.165) is 11.1 Å². The molecule has 3 N–H and O–H groups in total. The summed E-state index contributed by atoms with van der Waals surface area (Å²) in [7, 11) is 3.98. The van der Waals surface area contributed by atoms with Gasteiger partial charge in [-0.25, -0.2) is 0 Å². The zero-order valence-electron chi connectivity index (χ0n) is 12.5. The average Bonchev–Trinajstić information content (AvgIpc) is 2.36. The summed E-state index contributed by atoms with van der Waals surface area (Å²) in [6, 6.07) is 7.12. The van der Waals surface area contributed by atoms with E-state index in [1.165, 1.54) is 0 Å². The number of amides is 1. The number of nitrogens with one attached hydrogen (secondary N) is 1. The fourth-order valence-electron chi connectivity index (χ4n) is 1.50. The second-order valence-electron chi connectivity index (χ2n) is 5.81. The van der Waals surface area contributed by atoms with Crippen molar-refractivity contribution in [2.24, 2.45) is 5.73 Å². The summed E-state index contributed by atoms with van der Waals surface area (Å²) in [5, 5.41) is 2.91. The van der Waals surface area contributed by atoms with Crippen molar-refractivity contribution >= 4 is 5.91 Å². The zero-order chi connectivity index (χ0) is 14.6. The van der Waals surface area contributed by atoms with E-state index in [1.54, 1.807) is 0 Å². The predicted molar refractivity (Wildman–Crippen MR) is 78.9 cm³/mol. The van der Waals surface area contributed by atoms with Crippen LogP contribution in [0.15, 0.2) is 24.3 Å². The van der Waals surface area contributed by atoms with Crippen LogP contribution in [-0.2, 0) is 4.79 Å². The third-order valence-electron chi connectivity index (χ3n) is 3.62. The van der Waals surface area contributed by atoms with Gasteiger partial charge < -0.3 is 16.0 Å². The van der Waals surface area contributed by atoms with Crippen molar-refractivity contribution in [3.05, 3.63) is 35.4 Å². The summed E-state index contributed by atoms with van der Waals surface area (Å²) in [5.74, 6) is -0.140. The Bertz CT molecular complexity index is 424. The number of rotatable bonds is 5. The summed E-state index contributed by atoms with van der Waals surface area (Å²) >= 11 is 0. The van der Waals surface area contributed by atoms with Crippen molar-refractivity contribution in [2.75, 3.05) is 20.6 Å². The highest BCUT2D eigenvalue weighted by atomic mass is 16.2. The Labute approximate surface area is 116 Å². The van der Waals surface area contributed by atoms with Crippen molar-refractivity contribution in [1.82, 2.24) is 10.2 Å². The Morgan fingerprint density at radius 3 is 2.32 bits per heavy atom. The molecule has 0 aliphatic heterocycles. The monoisotopic (exact) mass is 263 g/mol. The molecule has 0 heterocycles. The average molecular weight is 263 g/mol. The van der Waals surface area contributed by atoms with Crippen molar-refractivity contribution in [2.45, 2.75) is 32.4 Å². The third kappa shape index (κ3) is 4.33. The molecule has 4 nitrogen and oxygen atoms in total. The lowest BCUT2D eigenvalue weighted by molar-refractivity contribution is -0.123. The summed E-state index contributed by atoms with van der Waals surface area (Å²) in [4.78, 5) is 14.1. The van der Waals surface area contributed by atoms with Crippen LogP contribution in [0.2, 0.25) is 0 Å². The summed E-state index contributed by atoms with van der Waals surface area (Å²) < 4.78 is 0. The van der Waals surface area contributed by atoms with Gasteiger partial charge in [-0.3, -0.25) is 4.79 Å². The minimum absolute atomic E-state index is 0.0946. The molecule has 1 aromatic carbocycles. The van der Waals surface area contributed by atoms with E-state index < -0.39 is 6.04 Å². The van der Waals surface area contributed by atoms with Crippen LogP contribution in [0.25, 0.3) is 0 Å². The van der Waals surface area contributed by atoms with Gasteiger partial charge >= 0.3 is 0 Å². The van der Waals surface area contributed by atoms with Gasteiger partial charge in [0.2, 0.25) is 5.91 Å². The molecule has 1 rings (SSSR count). The molecular weight excluding hydrogens is 238 g/mol. The van der Waals surface area contributed by atoms with Crippen LogP contribution in [-0.4, -0.2) is 37.0 Å². The molecule has 0 radical (unpaired) electrons. The van der Waals surface area contributed by atoms with Crippen LogP contribution in [0.3, 0.4) is 0 Å². The molecule has 0 bridgehead atoms. The molecule has 19 heavy (non-hydrogen) atoms. The highest BCUT2D eigenvalue weighted by Crippen LogP contribution is 2.13. The number of hydrogen-bond donors (Lipinski definition) is 2. The molecule has 1 atom stereocenters. The van der Waals surface area contributed by atoms with Crippen LogP contribution in [0, 0.1) is 6.92 Å². The van der Waals surface area contributed by atoms with Crippen LogP contribution in [0.1, 0.15) is 31.0 Å². The lowest BCUT2D eigenvalue weighted by Crippen LogP contribution is -2.49. The maximum atomic E-state index is 12.0. The molecule has 0 saturated carbocycles. The zero-order valence-corrected chi connectivity index (χ0v) is 12.5. The van der Waals surface area contributed by atoms with Crippen LogP contribution < -0.4 is 11.1 Å². The number of benzene rings is 1. The molecule has 0 spiro atoms. The van der Waals surface area contributed by atoms with Gasteiger partial charge in [-0.2, -0.15) is 0 Å². The molecule has 106 valence electrons. The van der Waals surface area contributed by atoms with Crippen molar-refractivity contribution in [3.63, 3.8) is 0 Å². The second kappa shape index (κ2) is 6.17. The molecule has 1 aromatic rings. The van der Waals surface area contributed by atoms with Gasteiger partial charge in [0.25, 0.3) is 0 Å². The smallest absolute Gasteiger partial charge is 0.241 e. The molecule has 0 aliphatic rings. The van der Waals surface area contributed by atoms with Gasteiger partial charge in [-0.1, -0.05) is 29.8 Å². The number of carbonyl (C=O) groups excluding carboxylic acids is 1.